The number of nitrogens with zero attached hydrogens (tertiary/aromatic N) is 4. The molecule has 1 heterocycles. The van der Waals surface area contributed by atoms with Crippen molar-refractivity contribution < 1.29 is 4.79 Å². The van der Waals surface area contributed by atoms with Gasteiger partial charge in [-0.25, -0.2) is 4.68 Å². The highest BCUT2D eigenvalue weighted by Gasteiger charge is 2.05. The summed E-state index contributed by atoms with van der Waals surface area (Å²) < 4.78 is 1.57. The fourth-order valence-corrected chi connectivity index (χ4v) is 1.66. The molecule has 0 aliphatic heterocycles. The molecule has 0 radical (unpaired) electrons. The maximum absolute atomic E-state index is 11.8. The highest BCUT2D eigenvalue weighted by atomic mass is 35.5. The van der Waals surface area contributed by atoms with E-state index in [0.717, 1.165) is 11.3 Å². The van der Waals surface area contributed by atoms with Gasteiger partial charge in [0.05, 0.1) is 12.1 Å². The maximum atomic E-state index is 11.8. The smallest absolute Gasteiger partial charge is 0.224 e. The van der Waals surface area contributed by atoms with Crippen LogP contribution in [0.3, 0.4) is 0 Å². The van der Waals surface area contributed by atoms with Crippen LogP contribution < -0.4 is 10.6 Å². The lowest BCUT2D eigenvalue weighted by Crippen LogP contribution is -2.37. The van der Waals surface area contributed by atoms with Gasteiger partial charge in [0.2, 0.25) is 5.91 Å². The number of amides is 1. The summed E-state index contributed by atoms with van der Waals surface area (Å²) in [6.07, 6.45) is 1.90. The van der Waals surface area contributed by atoms with E-state index in [4.69, 9.17) is 0 Å². The second kappa shape index (κ2) is 8.33. The van der Waals surface area contributed by atoms with E-state index in [1.807, 2.05) is 38.2 Å². The van der Waals surface area contributed by atoms with E-state index in [1.54, 1.807) is 4.68 Å². The minimum Gasteiger partial charge on any atom is -0.354 e. The molecule has 2 aromatic rings. The summed E-state index contributed by atoms with van der Waals surface area (Å²) in [5, 5.41) is 16.9. The lowest BCUT2D eigenvalue weighted by atomic mass is 10.1. The normalized spacial score (nSPS) is 11.5. The van der Waals surface area contributed by atoms with Crippen molar-refractivity contribution in [2.45, 2.75) is 19.4 Å². The number of nitrogens with one attached hydrogen (secondary N) is 2. The fraction of sp³-hybridized carbons (Fsp3) is 0.385. The van der Waals surface area contributed by atoms with Gasteiger partial charge in [0, 0.05) is 12.6 Å². The highest BCUT2D eigenvalue weighted by molar-refractivity contribution is 5.85. The Kier molecular flexibility index (Phi) is 6.77. The molecule has 0 saturated heterocycles. The molecule has 8 heteroatoms. The summed E-state index contributed by atoms with van der Waals surface area (Å²) in [6, 6.07) is 7.83. The molecular weight excluding hydrogens is 292 g/mol. The van der Waals surface area contributed by atoms with Crippen molar-refractivity contribution in [3.05, 3.63) is 36.2 Å². The first-order valence-corrected chi connectivity index (χ1v) is 6.45. The first kappa shape index (κ1) is 17.1. The van der Waals surface area contributed by atoms with Crippen LogP contribution in [0, 0.1) is 0 Å². The molecule has 0 fully saturated rings. The van der Waals surface area contributed by atoms with Crippen molar-refractivity contribution in [2.24, 2.45) is 0 Å². The Balaban J connectivity index is 0.00000220. The number of rotatable bonds is 6. The van der Waals surface area contributed by atoms with Crippen molar-refractivity contribution in [1.29, 1.82) is 0 Å². The van der Waals surface area contributed by atoms with Crippen LogP contribution in [0.5, 0.6) is 0 Å². The van der Waals surface area contributed by atoms with Gasteiger partial charge in [0.15, 0.2) is 0 Å². The largest absolute Gasteiger partial charge is 0.354 e. The molecule has 0 aliphatic carbocycles. The summed E-state index contributed by atoms with van der Waals surface area (Å²) in [4.78, 5) is 11.8. The van der Waals surface area contributed by atoms with E-state index in [2.05, 4.69) is 26.2 Å². The zero-order valence-electron chi connectivity index (χ0n) is 12.0. The molecule has 21 heavy (non-hydrogen) atoms. The number of tetrazole rings is 1. The third-order valence-electron chi connectivity index (χ3n) is 3.01. The van der Waals surface area contributed by atoms with Crippen LogP contribution in [0.15, 0.2) is 30.6 Å². The predicted octanol–water partition coefficient (Wildman–Crippen LogP) is 0.351. The standard InChI is InChI=1S/C13H18N6O.ClH/c1-10(14-2)8-15-13(20)7-11-3-5-12(6-4-11)19-9-16-17-18-19;/h3-6,9-10,14H,7-8H2,1-2H3,(H,15,20);1H. The van der Waals surface area contributed by atoms with Gasteiger partial charge in [0.1, 0.15) is 6.33 Å². The van der Waals surface area contributed by atoms with Crippen molar-refractivity contribution in [3.63, 3.8) is 0 Å². The summed E-state index contributed by atoms with van der Waals surface area (Å²) in [5.41, 5.74) is 1.82. The van der Waals surface area contributed by atoms with Gasteiger partial charge in [-0.2, -0.15) is 0 Å². The predicted molar refractivity (Wildman–Crippen MR) is 81.6 cm³/mol. The van der Waals surface area contributed by atoms with Gasteiger partial charge in [0.25, 0.3) is 0 Å². The van der Waals surface area contributed by atoms with Gasteiger partial charge in [-0.05, 0) is 42.1 Å². The lowest BCUT2D eigenvalue weighted by Gasteiger charge is -2.11. The topological polar surface area (TPSA) is 84.7 Å². The molecule has 1 amide bonds. The van der Waals surface area contributed by atoms with E-state index >= 15 is 0 Å². The van der Waals surface area contributed by atoms with E-state index in [0.29, 0.717) is 13.0 Å². The summed E-state index contributed by atoms with van der Waals surface area (Å²) >= 11 is 0. The molecule has 0 aliphatic rings. The van der Waals surface area contributed by atoms with Crippen LogP contribution >= 0.6 is 12.4 Å². The molecule has 114 valence electrons. The molecule has 1 aromatic heterocycles. The molecule has 1 unspecified atom stereocenters. The molecule has 0 bridgehead atoms. The molecule has 2 rings (SSSR count). The fourth-order valence-electron chi connectivity index (χ4n) is 1.66. The highest BCUT2D eigenvalue weighted by Crippen LogP contribution is 2.08. The van der Waals surface area contributed by atoms with Gasteiger partial charge in [-0.15, -0.1) is 17.5 Å². The molecule has 7 nitrogen and oxygen atoms in total. The zero-order chi connectivity index (χ0) is 14.4. The number of likely N-dealkylation sites (N-methyl/N-ethyl adjacent to an activating group) is 1. The van der Waals surface area contributed by atoms with Crippen LogP contribution in [0.25, 0.3) is 5.69 Å². The molecule has 0 saturated carbocycles. The first-order chi connectivity index (χ1) is 9.69. The number of hydrogen-bond donors (Lipinski definition) is 2. The quantitative estimate of drug-likeness (QED) is 0.804. The van der Waals surface area contributed by atoms with E-state index in [9.17, 15) is 4.79 Å². The van der Waals surface area contributed by atoms with E-state index < -0.39 is 0 Å². The Morgan fingerprint density at radius 2 is 2.05 bits per heavy atom. The number of hydrogen-bond acceptors (Lipinski definition) is 5. The SMILES string of the molecule is CNC(C)CNC(=O)Cc1ccc(-n2cnnn2)cc1.Cl. The van der Waals surface area contributed by atoms with Gasteiger partial charge >= 0.3 is 0 Å². The van der Waals surface area contributed by atoms with Crippen molar-refractivity contribution in [3.8, 4) is 5.69 Å². The van der Waals surface area contributed by atoms with E-state index in [-0.39, 0.29) is 24.4 Å². The molecule has 0 spiro atoms. The number of halogens is 1. The van der Waals surface area contributed by atoms with Crippen LogP contribution in [0.1, 0.15) is 12.5 Å². The molecule has 1 atom stereocenters. The number of benzene rings is 1. The van der Waals surface area contributed by atoms with Gasteiger partial charge in [-0.1, -0.05) is 12.1 Å². The van der Waals surface area contributed by atoms with Crippen molar-refractivity contribution >= 4 is 18.3 Å². The average Bonchev–Trinajstić information content (AvgIpc) is 2.99. The van der Waals surface area contributed by atoms with Crippen LogP contribution in [-0.4, -0.2) is 45.7 Å². The lowest BCUT2D eigenvalue weighted by molar-refractivity contribution is -0.120. The Morgan fingerprint density at radius 1 is 1.33 bits per heavy atom. The molecule has 2 N–H and O–H groups in total. The summed E-state index contributed by atoms with van der Waals surface area (Å²) in [5.74, 6) is 0.0160. The van der Waals surface area contributed by atoms with Crippen LogP contribution in [-0.2, 0) is 11.2 Å². The average molecular weight is 311 g/mol. The molecular formula is C13H19ClN6O. The van der Waals surface area contributed by atoms with Crippen LogP contribution in [0.2, 0.25) is 0 Å². The third-order valence-corrected chi connectivity index (χ3v) is 3.01. The van der Waals surface area contributed by atoms with Crippen LogP contribution in [0.4, 0.5) is 0 Å². The van der Waals surface area contributed by atoms with Crippen molar-refractivity contribution in [2.75, 3.05) is 13.6 Å². The van der Waals surface area contributed by atoms with Gasteiger partial charge in [-0.3, -0.25) is 4.79 Å². The second-order valence-electron chi connectivity index (χ2n) is 4.59. The minimum absolute atomic E-state index is 0. The number of aromatic nitrogens is 4. The number of carbonyl (C=O) groups excluding carboxylic acids is 1. The first-order valence-electron chi connectivity index (χ1n) is 6.45. The zero-order valence-corrected chi connectivity index (χ0v) is 12.8. The van der Waals surface area contributed by atoms with Crippen molar-refractivity contribution in [1.82, 2.24) is 30.8 Å². The Bertz CT molecular complexity index is 542. The maximum Gasteiger partial charge on any atom is 0.224 e. The molecule has 1 aromatic carbocycles. The monoisotopic (exact) mass is 310 g/mol. The Labute approximate surface area is 129 Å². The summed E-state index contributed by atoms with van der Waals surface area (Å²) in [6.45, 7) is 2.64. The Morgan fingerprint density at radius 3 is 2.62 bits per heavy atom. The van der Waals surface area contributed by atoms with E-state index in [1.165, 1.54) is 6.33 Å². The Hall–Kier alpha value is -1.99. The minimum atomic E-state index is 0. The second-order valence-corrected chi connectivity index (χ2v) is 4.59. The van der Waals surface area contributed by atoms with Gasteiger partial charge < -0.3 is 10.6 Å². The summed E-state index contributed by atoms with van der Waals surface area (Å²) in [7, 11) is 1.87. The number of carbonyl (C=O) groups is 1. The third kappa shape index (κ3) is 5.13.